The molecule has 0 spiro atoms. The van der Waals surface area contributed by atoms with E-state index in [4.69, 9.17) is 5.11 Å². The van der Waals surface area contributed by atoms with Crippen LogP contribution in [-0.4, -0.2) is 9.67 Å². The van der Waals surface area contributed by atoms with Crippen LogP contribution < -0.4 is 0 Å². The molecule has 0 aliphatic rings. The number of nitrogens with zero attached hydrogens (tertiary/aromatic N) is 1. The highest BCUT2D eigenvalue weighted by molar-refractivity contribution is 5.38. The number of aliphatic hydroxyl groups excluding tert-OH is 1. The van der Waals surface area contributed by atoms with Gasteiger partial charge in [-0.1, -0.05) is 0 Å². The minimum absolute atomic E-state index is 0.159. The van der Waals surface area contributed by atoms with Crippen molar-refractivity contribution in [3.63, 3.8) is 0 Å². The van der Waals surface area contributed by atoms with E-state index in [1.54, 1.807) is 22.9 Å². The lowest BCUT2D eigenvalue weighted by Gasteiger charge is -2.10. The van der Waals surface area contributed by atoms with Gasteiger partial charge in [0, 0.05) is 17.6 Å². The zero-order valence-electron chi connectivity index (χ0n) is 8.78. The van der Waals surface area contributed by atoms with Crippen LogP contribution in [0.2, 0.25) is 0 Å². The molecular formula is C12H10F3NO. The Labute approximate surface area is 95.9 Å². The molecule has 0 bridgehead atoms. The molecule has 1 N–H and O–H groups in total. The highest BCUT2D eigenvalue weighted by Crippen LogP contribution is 2.29. The normalized spacial score (nSPS) is 11.8. The van der Waals surface area contributed by atoms with Gasteiger partial charge in [0.1, 0.15) is 0 Å². The minimum atomic E-state index is -4.32. The van der Waals surface area contributed by atoms with Crippen molar-refractivity contribution in [2.24, 2.45) is 0 Å². The number of hydrogen-bond donors (Lipinski definition) is 1. The SMILES string of the molecule is OCc1cccn1-c1ccc(C(F)(F)F)cc1. The fourth-order valence-corrected chi connectivity index (χ4v) is 1.61. The molecule has 2 aromatic rings. The minimum Gasteiger partial charge on any atom is -0.390 e. The fraction of sp³-hybridized carbons (Fsp3) is 0.167. The van der Waals surface area contributed by atoms with Gasteiger partial charge in [0.15, 0.2) is 0 Å². The van der Waals surface area contributed by atoms with Crippen LogP contribution in [0.3, 0.4) is 0 Å². The Hall–Kier alpha value is -1.75. The van der Waals surface area contributed by atoms with Crippen molar-refractivity contribution in [1.29, 1.82) is 0 Å². The molecule has 0 radical (unpaired) electrons. The molecule has 2 rings (SSSR count). The van der Waals surface area contributed by atoms with Crippen LogP contribution in [0.15, 0.2) is 42.6 Å². The Morgan fingerprint density at radius 1 is 1.06 bits per heavy atom. The number of benzene rings is 1. The zero-order valence-corrected chi connectivity index (χ0v) is 8.78. The van der Waals surface area contributed by atoms with E-state index in [2.05, 4.69) is 0 Å². The van der Waals surface area contributed by atoms with Gasteiger partial charge in [-0.2, -0.15) is 13.2 Å². The second-order valence-electron chi connectivity index (χ2n) is 3.57. The Bertz CT molecular complexity index is 499. The summed E-state index contributed by atoms with van der Waals surface area (Å²) in [7, 11) is 0. The van der Waals surface area contributed by atoms with Gasteiger partial charge in [0.05, 0.1) is 12.2 Å². The lowest BCUT2D eigenvalue weighted by Crippen LogP contribution is -2.05. The van der Waals surface area contributed by atoms with Gasteiger partial charge in [0.2, 0.25) is 0 Å². The smallest absolute Gasteiger partial charge is 0.390 e. The summed E-state index contributed by atoms with van der Waals surface area (Å²) in [6.45, 7) is -0.159. The standard InChI is InChI=1S/C12H10F3NO/c13-12(14,15)9-3-5-10(6-4-9)16-7-1-2-11(16)8-17/h1-7,17H,8H2. The van der Waals surface area contributed by atoms with Crippen LogP contribution in [-0.2, 0) is 12.8 Å². The molecule has 0 aliphatic carbocycles. The molecular weight excluding hydrogens is 231 g/mol. The summed E-state index contributed by atoms with van der Waals surface area (Å²) in [5, 5.41) is 9.05. The van der Waals surface area contributed by atoms with Gasteiger partial charge in [-0.15, -0.1) is 0 Å². The summed E-state index contributed by atoms with van der Waals surface area (Å²) < 4.78 is 38.7. The van der Waals surface area contributed by atoms with Crippen molar-refractivity contribution in [1.82, 2.24) is 4.57 Å². The van der Waals surface area contributed by atoms with Gasteiger partial charge < -0.3 is 9.67 Å². The highest BCUT2D eigenvalue weighted by atomic mass is 19.4. The Morgan fingerprint density at radius 3 is 2.24 bits per heavy atom. The van der Waals surface area contributed by atoms with Crippen LogP contribution >= 0.6 is 0 Å². The lowest BCUT2D eigenvalue weighted by molar-refractivity contribution is -0.137. The van der Waals surface area contributed by atoms with Gasteiger partial charge in [0.25, 0.3) is 0 Å². The van der Waals surface area contributed by atoms with Crippen molar-refractivity contribution in [3.05, 3.63) is 53.9 Å². The second kappa shape index (κ2) is 4.25. The van der Waals surface area contributed by atoms with E-state index < -0.39 is 11.7 Å². The van der Waals surface area contributed by atoms with Gasteiger partial charge >= 0.3 is 6.18 Å². The number of halogens is 3. The second-order valence-corrected chi connectivity index (χ2v) is 3.57. The zero-order chi connectivity index (χ0) is 12.5. The Kier molecular flexibility index (Phi) is 2.93. The molecule has 90 valence electrons. The van der Waals surface area contributed by atoms with Crippen molar-refractivity contribution >= 4 is 0 Å². The van der Waals surface area contributed by atoms with Crippen LogP contribution in [0.1, 0.15) is 11.3 Å². The fourth-order valence-electron chi connectivity index (χ4n) is 1.61. The molecule has 0 saturated carbocycles. The third-order valence-corrected chi connectivity index (χ3v) is 2.47. The molecule has 0 saturated heterocycles. The van der Waals surface area contributed by atoms with Gasteiger partial charge in [-0.25, -0.2) is 0 Å². The summed E-state index contributed by atoms with van der Waals surface area (Å²) in [5.41, 5.74) is 0.538. The first kappa shape index (κ1) is 11.7. The predicted octanol–water partition coefficient (Wildman–Crippen LogP) is 2.99. The Morgan fingerprint density at radius 2 is 1.71 bits per heavy atom. The predicted molar refractivity (Wildman–Crippen MR) is 56.7 cm³/mol. The van der Waals surface area contributed by atoms with Gasteiger partial charge in [-0.05, 0) is 36.4 Å². The summed E-state index contributed by atoms with van der Waals surface area (Å²) in [6, 6.07) is 8.23. The molecule has 1 heterocycles. The molecule has 0 aliphatic heterocycles. The first-order valence-electron chi connectivity index (χ1n) is 4.97. The van der Waals surface area contributed by atoms with Crippen molar-refractivity contribution < 1.29 is 18.3 Å². The summed E-state index contributed by atoms with van der Waals surface area (Å²) >= 11 is 0. The lowest BCUT2D eigenvalue weighted by atomic mass is 10.2. The first-order chi connectivity index (χ1) is 8.02. The molecule has 1 aromatic heterocycles. The van der Waals surface area contributed by atoms with Crippen LogP contribution in [0.4, 0.5) is 13.2 Å². The van der Waals surface area contributed by atoms with E-state index in [1.165, 1.54) is 12.1 Å². The van der Waals surface area contributed by atoms with E-state index in [0.29, 0.717) is 11.4 Å². The van der Waals surface area contributed by atoms with Gasteiger partial charge in [-0.3, -0.25) is 0 Å². The van der Waals surface area contributed by atoms with E-state index in [9.17, 15) is 13.2 Å². The monoisotopic (exact) mass is 241 g/mol. The summed E-state index contributed by atoms with van der Waals surface area (Å²) in [5.74, 6) is 0. The first-order valence-corrected chi connectivity index (χ1v) is 4.97. The number of alkyl halides is 3. The Balaban J connectivity index is 2.36. The number of aromatic nitrogens is 1. The number of rotatable bonds is 2. The molecule has 0 unspecified atom stereocenters. The van der Waals surface area contributed by atoms with E-state index in [1.807, 2.05) is 0 Å². The third kappa shape index (κ3) is 2.34. The number of aliphatic hydroxyl groups is 1. The maximum absolute atomic E-state index is 12.4. The van der Waals surface area contributed by atoms with Crippen LogP contribution in [0, 0.1) is 0 Å². The average molecular weight is 241 g/mol. The maximum Gasteiger partial charge on any atom is 0.416 e. The van der Waals surface area contributed by atoms with E-state index >= 15 is 0 Å². The van der Waals surface area contributed by atoms with Crippen molar-refractivity contribution in [2.45, 2.75) is 12.8 Å². The quantitative estimate of drug-likeness (QED) is 0.859. The summed E-state index contributed by atoms with van der Waals surface area (Å²) in [6.07, 6.45) is -2.64. The molecule has 0 fully saturated rings. The average Bonchev–Trinajstić information content (AvgIpc) is 2.76. The number of hydrogen-bond acceptors (Lipinski definition) is 1. The van der Waals surface area contributed by atoms with Crippen molar-refractivity contribution in [3.8, 4) is 5.69 Å². The molecule has 5 heteroatoms. The summed E-state index contributed by atoms with van der Waals surface area (Å²) in [4.78, 5) is 0. The van der Waals surface area contributed by atoms with E-state index in [0.717, 1.165) is 12.1 Å². The van der Waals surface area contributed by atoms with Crippen LogP contribution in [0.25, 0.3) is 5.69 Å². The molecule has 17 heavy (non-hydrogen) atoms. The van der Waals surface area contributed by atoms with Crippen molar-refractivity contribution in [2.75, 3.05) is 0 Å². The van der Waals surface area contributed by atoms with E-state index in [-0.39, 0.29) is 6.61 Å². The molecule has 2 nitrogen and oxygen atoms in total. The molecule has 0 amide bonds. The molecule has 0 atom stereocenters. The maximum atomic E-state index is 12.4. The third-order valence-electron chi connectivity index (χ3n) is 2.47. The largest absolute Gasteiger partial charge is 0.416 e. The van der Waals surface area contributed by atoms with Crippen LogP contribution in [0.5, 0.6) is 0 Å². The topological polar surface area (TPSA) is 25.2 Å². The molecule has 1 aromatic carbocycles. The highest BCUT2D eigenvalue weighted by Gasteiger charge is 2.29.